The predicted molar refractivity (Wildman–Crippen MR) is 76.8 cm³/mol. The smallest absolute Gasteiger partial charge is 0.393 e. The summed E-state index contributed by atoms with van der Waals surface area (Å²) in [7, 11) is 0. The van der Waals surface area contributed by atoms with Gasteiger partial charge in [-0.3, -0.25) is 9.69 Å². The lowest BCUT2D eigenvalue weighted by molar-refractivity contribution is -0.137. The summed E-state index contributed by atoms with van der Waals surface area (Å²) < 4.78 is 38.8. The molecule has 1 heterocycles. The number of likely N-dealkylation sites (tertiary alicyclic amines) is 1. The average Bonchev–Trinajstić information content (AvgIpc) is 2.42. The van der Waals surface area contributed by atoms with Gasteiger partial charge in [0.1, 0.15) is 0 Å². The number of amides is 1. The normalized spacial score (nSPS) is 17.5. The third-order valence-electron chi connectivity index (χ3n) is 3.49. The number of halogens is 4. The van der Waals surface area contributed by atoms with Crippen molar-refractivity contribution in [1.29, 1.82) is 0 Å². The van der Waals surface area contributed by atoms with Crippen molar-refractivity contribution in [1.82, 2.24) is 4.90 Å². The minimum Gasteiger partial charge on any atom is -0.393 e. The molecular weight excluding hydrogens is 321 g/mol. The van der Waals surface area contributed by atoms with Crippen molar-refractivity contribution < 1.29 is 23.1 Å². The molecule has 0 unspecified atom stereocenters. The number of nitrogens with zero attached hydrogens (tertiary/aromatic N) is 1. The minimum absolute atomic E-state index is 0.00730. The summed E-state index contributed by atoms with van der Waals surface area (Å²) in [4.78, 5) is 13.7. The maximum Gasteiger partial charge on any atom is 0.418 e. The monoisotopic (exact) mass is 336 g/mol. The van der Waals surface area contributed by atoms with Crippen molar-refractivity contribution in [3.63, 3.8) is 0 Å². The van der Waals surface area contributed by atoms with Crippen LogP contribution in [0.5, 0.6) is 0 Å². The van der Waals surface area contributed by atoms with Crippen molar-refractivity contribution >= 4 is 23.2 Å². The molecule has 1 aliphatic heterocycles. The van der Waals surface area contributed by atoms with Gasteiger partial charge < -0.3 is 10.4 Å². The van der Waals surface area contributed by atoms with Gasteiger partial charge in [-0.1, -0.05) is 11.6 Å². The summed E-state index contributed by atoms with van der Waals surface area (Å²) in [5, 5.41) is 11.6. The van der Waals surface area contributed by atoms with Crippen LogP contribution in [0.4, 0.5) is 18.9 Å². The molecule has 0 bridgehead atoms. The maximum atomic E-state index is 12.9. The Hall–Kier alpha value is -1.31. The number of alkyl halides is 3. The molecule has 0 aromatic heterocycles. The Bertz CT molecular complexity index is 543. The van der Waals surface area contributed by atoms with Gasteiger partial charge in [0.2, 0.25) is 5.91 Å². The van der Waals surface area contributed by atoms with E-state index in [9.17, 15) is 23.1 Å². The van der Waals surface area contributed by atoms with Crippen molar-refractivity contribution in [2.75, 3.05) is 25.0 Å². The van der Waals surface area contributed by atoms with Gasteiger partial charge in [0, 0.05) is 18.1 Å². The van der Waals surface area contributed by atoms with Crippen molar-refractivity contribution in [3.05, 3.63) is 28.8 Å². The Morgan fingerprint density at radius 3 is 2.59 bits per heavy atom. The van der Waals surface area contributed by atoms with E-state index in [1.165, 1.54) is 6.07 Å². The molecule has 1 saturated heterocycles. The highest BCUT2D eigenvalue weighted by molar-refractivity contribution is 6.30. The molecule has 0 aliphatic carbocycles. The topological polar surface area (TPSA) is 52.6 Å². The molecule has 1 amide bonds. The first-order valence-corrected chi connectivity index (χ1v) is 7.20. The van der Waals surface area contributed by atoms with E-state index in [4.69, 9.17) is 11.6 Å². The number of carbonyl (C=O) groups is 1. The van der Waals surface area contributed by atoms with E-state index in [2.05, 4.69) is 5.32 Å². The predicted octanol–water partition coefficient (Wildman–Crippen LogP) is 2.75. The average molecular weight is 337 g/mol. The molecule has 0 spiro atoms. The number of rotatable bonds is 3. The molecule has 2 N–H and O–H groups in total. The zero-order chi connectivity index (χ0) is 16.3. The third-order valence-corrected chi connectivity index (χ3v) is 3.72. The zero-order valence-electron chi connectivity index (χ0n) is 11.7. The molecule has 8 heteroatoms. The molecule has 0 saturated carbocycles. The highest BCUT2D eigenvalue weighted by Crippen LogP contribution is 2.36. The van der Waals surface area contributed by atoms with E-state index in [-0.39, 0.29) is 23.4 Å². The quantitative estimate of drug-likeness (QED) is 0.892. The fraction of sp³-hybridized carbons (Fsp3) is 0.500. The van der Waals surface area contributed by atoms with Crippen LogP contribution in [0.15, 0.2) is 18.2 Å². The lowest BCUT2D eigenvalue weighted by atomic mass is 10.1. The van der Waals surface area contributed by atoms with Gasteiger partial charge in [0.25, 0.3) is 0 Å². The molecule has 0 radical (unpaired) electrons. The van der Waals surface area contributed by atoms with Crippen molar-refractivity contribution in [2.24, 2.45) is 0 Å². The van der Waals surface area contributed by atoms with Crippen LogP contribution in [0.2, 0.25) is 5.02 Å². The molecule has 122 valence electrons. The van der Waals surface area contributed by atoms with Crippen molar-refractivity contribution in [2.45, 2.75) is 25.1 Å². The highest BCUT2D eigenvalue weighted by atomic mass is 35.5. The number of aliphatic hydroxyl groups is 1. The van der Waals surface area contributed by atoms with E-state index in [1.807, 2.05) is 0 Å². The highest BCUT2D eigenvalue weighted by Gasteiger charge is 2.34. The van der Waals surface area contributed by atoms with Gasteiger partial charge in [0.05, 0.1) is 23.9 Å². The number of aliphatic hydroxyl groups excluding tert-OH is 1. The summed E-state index contributed by atoms with van der Waals surface area (Å²) >= 11 is 5.58. The molecule has 1 aromatic carbocycles. The Balaban J connectivity index is 2.02. The first-order valence-electron chi connectivity index (χ1n) is 6.83. The van der Waals surface area contributed by atoms with Crippen LogP contribution in [0.25, 0.3) is 0 Å². The molecule has 2 rings (SSSR count). The Kier molecular flexibility index (Phi) is 5.31. The summed E-state index contributed by atoms with van der Waals surface area (Å²) in [6.07, 6.45) is -3.85. The van der Waals surface area contributed by atoms with Crippen LogP contribution in [0.1, 0.15) is 18.4 Å². The second-order valence-electron chi connectivity index (χ2n) is 5.24. The number of anilines is 1. The summed E-state index contributed by atoms with van der Waals surface area (Å²) in [6, 6.07) is 3.22. The first-order chi connectivity index (χ1) is 10.3. The lowest BCUT2D eigenvalue weighted by Crippen LogP contribution is -2.40. The molecule has 1 fully saturated rings. The Labute approximate surface area is 130 Å². The molecule has 4 nitrogen and oxygen atoms in total. The standard InChI is InChI=1S/C14H16ClF3N2O2/c15-9-1-2-12(11(7-9)14(16,17)18)19-13(22)8-20-5-3-10(21)4-6-20/h1-2,7,10,21H,3-6,8H2,(H,19,22). The maximum absolute atomic E-state index is 12.9. The van der Waals surface area contributed by atoms with Crippen LogP contribution in [0.3, 0.4) is 0 Å². The van der Waals surface area contributed by atoms with Crippen LogP contribution in [-0.4, -0.2) is 41.7 Å². The summed E-state index contributed by atoms with van der Waals surface area (Å²) in [6.45, 7) is 1.08. The first kappa shape index (κ1) is 17.1. The second-order valence-corrected chi connectivity index (χ2v) is 5.68. The summed E-state index contributed by atoms with van der Waals surface area (Å²) in [5.74, 6) is -0.524. The number of nitrogens with one attached hydrogen (secondary N) is 1. The SMILES string of the molecule is O=C(CN1CCC(O)CC1)Nc1ccc(Cl)cc1C(F)(F)F. The van der Waals surface area contributed by atoms with Crippen LogP contribution < -0.4 is 5.32 Å². The Morgan fingerprint density at radius 2 is 2.00 bits per heavy atom. The third kappa shape index (κ3) is 4.59. The fourth-order valence-electron chi connectivity index (χ4n) is 2.33. The van der Waals surface area contributed by atoms with Gasteiger partial charge in [0.15, 0.2) is 0 Å². The molecule has 22 heavy (non-hydrogen) atoms. The molecule has 1 aliphatic rings. The van der Waals surface area contributed by atoms with Gasteiger partial charge in [-0.05, 0) is 31.0 Å². The molecular formula is C14H16ClF3N2O2. The summed E-state index contributed by atoms with van der Waals surface area (Å²) in [5.41, 5.74) is -1.28. The second kappa shape index (κ2) is 6.85. The minimum atomic E-state index is -4.59. The van der Waals surface area contributed by atoms with Gasteiger partial charge in [-0.2, -0.15) is 13.2 Å². The van der Waals surface area contributed by atoms with Crippen LogP contribution >= 0.6 is 11.6 Å². The van der Waals surface area contributed by atoms with Gasteiger partial charge >= 0.3 is 6.18 Å². The van der Waals surface area contributed by atoms with Gasteiger partial charge in [-0.25, -0.2) is 0 Å². The van der Waals surface area contributed by atoms with E-state index in [1.54, 1.807) is 4.90 Å². The van der Waals surface area contributed by atoms with Crippen molar-refractivity contribution in [3.8, 4) is 0 Å². The van der Waals surface area contributed by atoms with Crippen LogP contribution in [0, 0.1) is 0 Å². The van der Waals surface area contributed by atoms with E-state index >= 15 is 0 Å². The van der Waals surface area contributed by atoms with E-state index in [0.717, 1.165) is 12.1 Å². The number of piperidine rings is 1. The largest absolute Gasteiger partial charge is 0.418 e. The Morgan fingerprint density at radius 1 is 1.36 bits per heavy atom. The number of hydrogen-bond acceptors (Lipinski definition) is 3. The lowest BCUT2D eigenvalue weighted by Gasteiger charge is -2.28. The van der Waals surface area contributed by atoms with Gasteiger partial charge in [-0.15, -0.1) is 0 Å². The van der Waals surface area contributed by atoms with Crippen LogP contribution in [-0.2, 0) is 11.0 Å². The molecule has 0 atom stereocenters. The number of carbonyl (C=O) groups excluding carboxylic acids is 1. The fourth-order valence-corrected chi connectivity index (χ4v) is 2.50. The number of benzene rings is 1. The zero-order valence-corrected chi connectivity index (χ0v) is 12.4. The van der Waals surface area contributed by atoms with E-state index < -0.39 is 17.6 Å². The van der Waals surface area contributed by atoms with E-state index in [0.29, 0.717) is 25.9 Å². The number of hydrogen-bond donors (Lipinski definition) is 2. The molecule has 1 aromatic rings.